The van der Waals surface area contributed by atoms with E-state index in [1.54, 1.807) is 48.5 Å². The average molecular weight is 386 g/mol. The van der Waals surface area contributed by atoms with Gasteiger partial charge in [-0.25, -0.2) is 4.68 Å². The highest BCUT2D eigenvalue weighted by atomic mass is 35.5. The number of amides is 1. The largest absolute Gasteiger partial charge is 0.446 e. The zero-order valence-corrected chi connectivity index (χ0v) is 15.1. The van der Waals surface area contributed by atoms with E-state index in [-0.39, 0.29) is 6.54 Å². The highest BCUT2D eigenvalue weighted by Gasteiger charge is 2.25. The fourth-order valence-electron chi connectivity index (χ4n) is 2.33. The number of hydrogen-bond donors (Lipinski definition) is 1. The van der Waals surface area contributed by atoms with Gasteiger partial charge in [0.1, 0.15) is 12.9 Å². The van der Waals surface area contributed by atoms with E-state index in [1.165, 1.54) is 11.0 Å². The molecule has 8 nitrogen and oxygen atoms in total. The van der Waals surface area contributed by atoms with Gasteiger partial charge in [0, 0.05) is 16.3 Å². The van der Waals surface area contributed by atoms with Crippen LogP contribution in [0.4, 0.5) is 5.69 Å². The molecule has 9 heteroatoms. The topological polar surface area (TPSA) is 99.0 Å². The third-order valence-electron chi connectivity index (χ3n) is 3.71. The Morgan fingerprint density at radius 2 is 2.00 bits per heavy atom. The predicted octanol–water partition coefficient (Wildman–Crippen LogP) is 2.56. The molecule has 2 aromatic carbocycles. The molecule has 0 spiro atoms. The number of carbonyl (C=O) groups excluding carboxylic acids is 2. The van der Waals surface area contributed by atoms with E-state index in [4.69, 9.17) is 16.3 Å². The van der Waals surface area contributed by atoms with E-state index in [9.17, 15) is 9.59 Å². The van der Waals surface area contributed by atoms with E-state index < -0.39 is 18.0 Å². The van der Waals surface area contributed by atoms with Gasteiger partial charge in [-0.2, -0.15) is 0 Å². The SMILES string of the molecule is Cc1ccc(NC(=O)[C@@H](OC(=O)Cn2cnnn2)c2ccccc2)cc1Cl. The number of halogens is 1. The summed E-state index contributed by atoms with van der Waals surface area (Å²) >= 11 is 6.10. The van der Waals surface area contributed by atoms with Gasteiger partial charge in [-0.3, -0.25) is 9.59 Å². The number of rotatable bonds is 6. The van der Waals surface area contributed by atoms with E-state index in [0.717, 1.165) is 5.56 Å². The Morgan fingerprint density at radius 1 is 1.22 bits per heavy atom. The molecular formula is C18H16ClN5O3. The van der Waals surface area contributed by atoms with Crippen LogP contribution in [0, 0.1) is 6.92 Å². The van der Waals surface area contributed by atoms with Crippen molar-refractivity contribution in [1.29, 1.82) is 0 Å². The molecule has 3 rings (SSSR count). The van der Waals surface area contributed by atoms with E-state index >= 15 is 0 Å². The number of nitrogens with zero attached hydrogens (tertiary/aromatic N) is 4. The smallest absolute Gasteiger partial charge is 0.329 e. The molecule has 0 aliphatic carbocycles. The van der Waals surface area contributed by atoms with Crippen molar-refractivity contribution in [1.82, 2.24) is 20.2 Å². The molecule has 0 aliphatic rings. The van der Waals surface area contributed by atoms with Crippen molar-refractivity contribution < 1.29 is 14.3 Å². The fraction of sp³-hybridized carbons (Fsp3) is 0.167. The lowest BCUT2D eigenvalue weighted by molar-refractivity contribution is -0.155. The Labute approximate surface area is 160 Å². The molecule has 0 fully saturated rings. The molecule has 0 unspecified atom stereocenters. The second-order valence-corrected chi connectivity index (χ2v) is 6.15. The molecule has 138 valence electrons. The quantitative estimate of drug-likeness (QED) is 0.655. The molecular weight excluding hydrogens is 370 g/mol. The highest BCUT2D eigenvalue weighted by molar-refractivity contribution is 6.31. The number of carbonyl (C=O) groups is 2. The lowest BCUT2D eigenvalue weighted by atomic mass is 10.1. The molecule has 1 heterocycles. The van der Waals surface area contributed by atoms with Crippen LogP contribution in [0.5, 0.6) is 0 Å². The van der Waals surface area contributed by atoms with Crippen molar-refractivity contribution in [2.24, 2.45) is 0 Å². The fourth-order valence-corrected chi connectivity index (χ4v) is 2.51. The van der Waals surface area contributed by atoms with Crippen LogP contribution in [0.25, 0.3) is 0 Å². The van der Waals surface area contributed by atoms with E-state index in [0.29, 0.717) is 16.3 Å². The maximum absolute atomic E-state index is 12.8. The average Bonchev–Trinajstić information content (AvgIpc) is 3.16. The summed E-state index contributed by atoms with van der Waals surface area (Å²) in [4.78, 5) is 25.0. The Bertz CT molecular complexity index is 931. The van der Waals surface area contributed by atoms with Gasteiger partial charge in [-0.1, -0.05) is 48.0 Å². The normalized spacial score (nSPS) is 11.6. The van der Waals surface area contributed by atoms with Crippen molar-refractivity contribution in [3.63, 3.8) is 0 Å². The second-order valence-electron chi connectivity index (χ2n) is 5.74. The van der Waals surface area contributed by atoms with Gasteiger partial charge in [-0.15, -0.1) is 5.10 Å². The number of esters is 1. The minimum absolute atomic E-state index is 0.208. The molecule has 1 N–H and O–H groups in total. The number of ether oxygens (including phenoxy) is 1. The van der Waals surface area contributed by atoms with E-state index in [2.05, 4.69) is 20.8 Å². The van der Waals surface area contributed by atoms with Crippen molar-refractivity contribution in [3.8, 4) is 0 Å². The first-order valence-corrected chi connectivity index (χ1v) is 8.43. The van der Waals surface area contributed by atoms with Crippen LogP contribution in [0.15, 0.2) is 54.9 Å². The van der Waals surface area contributed by atoms with Crippen LogP contribution in [0.2, 0.25) is 5.02 Å². The summed E-state index contributed by atoms with van der Waals surface area (Å²) in [5.74, 6) is -1.14. The van der Waals surface area contributed by atoms with Crippen LogP contribution in [-0.4, -0.2) is 32.1 Å². The first-order chi connectivity index (χ1) is 13.0. The number of tetrazole rings is 1. The molecule has 0 aliphatic heterocycles. The standard InChI is InChI=1S/C18H16ClN5O3/c1-12-7-8-14(9-15(12)19)21-18(26)17(13-5-3-2-4-6-13)27-16(25)10-24-11-20-22-23-24/h2-9,11,17H,10H2,1H3,(H,21,26)/t17-/m0/s1. The summed E-state index contributed by atoms with van der Waals surface area (Å²) in [5.41, 5.74) is 1.94. The van der Waals surface area contributed by atoms with Crippen LogP contribution >= 0.6 is 11.6 Å². The maximum atomic E-state index is 12.8. The minimum Gasteiger partial charge on any atom is -0.446 e. The van der Waals surface area contributed by atoms with Crippen molar-refractivity contribution in [2.75, 3.05) is 5.32 Å². The second kappa shape index (κ2) is 8.41. The molecule has 0 bridgehead atoms. The summed E-state index contributed by atoms with van der Waals surface area (Å²) in [6.45, 7) is 1.65. The van der Waals surface area contributed by atoms with Crippen LogP contribution in [-0.2, 0) is 20.9 Å². The minimum atomic E-state index is -1.13. The number of aryl methyl sites for hydroxylation is 1. The molecule has 1 atom stereocenters. The number of anilines is 1. The Morgan fingerprint density at radius 3 is 2.67 bits per heavy atom. The first-order valence-electron chi connectivity index (χ1n) is 8.05. The van der Waals surface area contributed by atoms with Crippen molar-refractivity contribution in [2.45, 2.75) is 19.6 Å². The maximum Gasteiger partial charge on any atom is 0.329 e. The van der Waals surface area contributed by atoms with Crippen molar-refractivity contribution >= 4 is 29.2 Å². The number of aromatic nitrogens is 4. The predicted molar refractivity (Wildman–Crippen MR) is 97.9 cm³/mol. The van der Waals surface area contributed by atoms with Crippen LogP contribution in [0.1, 0.15) is 17.2 Å². The van der Waals surface area contributed by atoms with Crippen LogP contribution in [0.3, 0.4) is 0 Å². The Kier molecular flexibility index (Phi) is 5.77. The Hall–Kier alpha value is -3.26. The highest BCUT2D eigenvalue weighted by Crippen LogP contribution is 2.23. The molecule has 1 aromatic heterocycles. The number of nitrogens with one attached hydrogen (secondary N) is 1. The molecule has 3 aromatic rings. The number of hydrogen-bond acceptors (Lipinski definition) is 6. The zero-order valence-electron chi connectivity index (χ0n) is 14.4. The van der Waals surface area contributed by atoms with Gasteiger partial charge in [0.2, 0.25) is 6.10 Å². The van der Waals surface area contributed by atoms with Gasteiger partial charge in [-0.05, 0) is 35.0 Å². The number of benzene rings is 2. The summed E-state index contributed by atoms with van der Waals surface area (Å²) in [6, 6.07) is 13.9. The summed E-state index contributed by atoms with van der Waals surface area (Å²) in [5, 5.41) is 13.8. The molecule has 1 amide bonds. The van der Waals surface area contributed by atoms with Gasteiger partial charge < -0.3 is 10.1 Å². The third-order valence-corrected chi connectivity index (χ3v) is 4.12. The van der Waals surface area contributed by atoms with Gasteiger partial charge >= 0.3 is 5.97 Å². The van der Waals surface area contributed by atoms with Crippen molar-refractivity contribution in [3.05, 3.63) is 71.0 Å². The van der Waals surface area contributed by atoms with Crippen LogP contribution < -0.4 is 5.32 Å². The lowest BCUT2D eigenvalue weighted by Gasteiger charge is -2.18. The van der Waals surface area contributed by atoms with Gasteiger partial charge in [0.05, 0.1) is 0 Å². The lowest BCUT2D eigenvalue weighted by Crippen LogP contribution is -2.27. The summed E-state index contributed by atoms with van der Waals surface area (Å²) in [7, 11) is 0. The molecule has 0 saturated heterocycles. The van der Waals surface area contributed by atoms with E-state index in [1.807, 2.05) is 6.92 Å². The van der Waals surface area contributed by atoms with Gasteiger partial charge in [0.25, 0.3) is 5.91 Å². The summed E-state index contributed by atoms with van der Waals surface area (Å²) in [6.07, 6.45) is 0.155. The molecule has 27 heavy (non-hydrogen) atoms. The summed E-state index contributed by atoms with van der Waals surface area (Å²) < 4.78 is 6.61. The Balaban J connectivity index is 1.77. The van der Waals surface area contributed by atoms with Gasteiger partial charge in [0.15, 0.2) is 0 Å². The molecule has 0 saturated carbocycles. The first kappa shape index (κ1) is 18.5. The zero-order chi connectivity index (χ0) is 19.2. The molecule has 0 radical (unpaired) electrons. The third kappa shape index (κ3) is 4.89. The monoisotopic (exact) mass is 385 g/mol.